The first kappa shape index (κ1) is 16.2. The predicted octanol–water partition coefficient (Wildman–Crippen LogP) is 4.17. The summed E-state index contributed by atoms with van der Waals surface area (Å²) >= 11 is 0. The number of rotatable bonds is 5. The van der Waals surface area contributed by atoms with E-state index in [9.17, 15) is 4.79 Å². The van der Waals surface area contributed by atoms with Gasteiger partial charge in [0.1, 0.15) is 11.9 Å². The third kappa shape index (κ3) is 3.02. The summed E-state index contributed by atoms with van der Waals surface area (Å²) in [4.78, 5) is 15.2. The molecule has 1 aliphatic heterocycles. The molecule has 0 bridgehead atoms. The van der Waals surface area contributed by atoms with Crippen molar-refractivity contribution in [3.05, 3.63) is 71.2 Å². The maximum Gasteiger partial charge on any atom is 0.251 e. The fourth-order valence-corrected chi connectivity index (χ4v) is 4.04. The van der Waals surface area contributed by atoms with Crippen molar-refractivity contribution in [3.63, 3.8) is 0 Å². The summed E-state index contributed by atoms with van der Waals surface area (Å²) in [6.07, 6.45) is 5.84. The van der Waals surface area contributed by atoms with Gasteiger partial charge in [0, 0.05) is 5.57 Å². The lowest BCUT2D eigenvalue weighted by Crippen LogP contribution is -2.46. The maximum atomic E-state index is 13.1. The number of nitrogens with one attached hydrogen (secondary N) is 1. The van der Waals surface area contributed by atoms with Gasteiger partial charge in [-0.3, -0.25) is 10.1 Å². The van der Waals surface area contributed by atoms with E-state index in [2.05, 4.69) is 24.4 Å². The van der Waals surface area contributed by atoms with Gasteiger partial charge in [0.2, 0.25) is 0 Å². The van der Waals surface area contributed by atoms with Crippen molar-refractivity contribution in [2.24, 2.45) is 0 Å². The molecule has 1 amide bonds. The zero-order valence-corrected chi connectivity index (χ0v) is 14.6. The minimum absolute atomic E-state index is 0.0356. The average molecular weight is 336 g/mol. The SMILES string of the molecule is C[C@H](c1ccccc1)N1C(=O)C2=C(CCCC2)[C@@H]1NCc1ccco1. The van der Waals surface area contributed by atoms with Crippen LogP contribution in [0.25, 0.3) is 0 Å². The van der Waals surface area contributed by atoms with E-state index < -0.39 is 0 Å². The van der Waals surface area contributed by atoms with Crippen molar-refractivity contribution >= 4 is 5.91 Å². The van der Waals surface area contributed by atoms with Crippen LogP contribution >= 0.6 is 0 Å². The highest BCUT2D eigenvalue weighted by Crippen LogP contribution is 2.39. The van der Waals surface area contributed by atoms with Crippen molar-refractivity contribution < 1.29 is 9.21 Å². The average Bonchev–Trinajstić information content (AvgIpc) is 3.27. The van der Waals surface area contributed by atoms with Gasteiger partial charge in [-0.15, -0.1) is 0 Å². The van der Waals surface area contributed by atoms with E-state index in [4.69, 9.17) is 4.42 Å². The molecule has 2 atom stereocenters. The molecule has 2 aromatic rings. The Bertz CT molecular complexity index is 764. The predicted molar refractivity (Wildman–Crippen MR) is 96.5 cm³/mol. The van der Waals surface area contributed by atoms with Crippen LogP contribution in [0.2, 0.25) is 0 Å². The summed E-state index contributed by atoms with van der Waals surface area (Å²) in [5.41, 5.74) is 3.48. The van der Waals surface area contributed by atoms with Gasteiger partial charge in [0.25, 0.3) is 5.91 Å². The summed E-state index contributed by atoms with van der Waals surface area (Å²) in [5, 5.41) is 3.57. The molecule has 4 heteroatoms. The molecular weight excluding hydrogens is 312 g/mol. The lowest BCUT2D eigenvalue weighted by molar-refractivity contribution is -0.130. The van der Waals surface area contributed by atoms with Crippen LogP contribution in [0.15, 0.2) is 64.3 Å². The number of hydrogen-bond donors (Lipinski definition) is 1. The molecular formula is C21H24N2O2. The normalized spacial score (nSPS) is 21.6. The Morgan fingerprint density at radius 3 is 2.72 bits per heavy atom. The number of furan rings is 1. The number of carbonyl (C=O) groups is 1. The van der Waals surface area contributed by atoms with E-state index in [-0.39, 0.29) is 18.1 Å². The number of nitrogens with zero attached hydrogens (tertiary/aromatic N) is 1. The number of carbonyl (C=O) groups excluding carboxylic acids is 1. The number of benzene rings is 1. The standard InChI is InChI=1S/C21H24N2O2/c1-15(16-8-3-2-4-9-16)23-20(22-14-17-10-7-13-25-17)18-11-5-6-12-19(18)21(23)24/h2-4,7-10,13,15,20,22H,5-6,11-12,14H2,1H3/t15-,20-/m1/s1. The monoisotopic (exact) mass is 336 g/mol. The van der Waals surface area contributed by atoms with E-state index in [0.717, 1.165) is 30.6 Å². The van der Waals surface area contributed by atoms with Gasteiger partial charge < -0.3 is 9.32 Å². The highest BCUT2D eigenvalue weighted by Gasteiger charge is 2.41. The quantitative estimate of drug-likeness (QED) is 0.891. The van der Waals surface area contributed by atoms with E-state index in [1.54, 1.807) is 6.26 Å². The number of hydrogen-bond acceptors (Lipinski definition) is 3. The second kappa shape index (κ2) is 6.89. The highest BCUT2D eigenvalue weighted by atomic mass is 16.3. The molecule has 1 aromatic carbocycles. The molecule has 0 saturated heterocycles. The summed E-state index contributed by atoms with van der Waals surface area (Å²) < 4.78 is 5.45. The second-order valence-electron chi connectivity index (χ2n) is 6.87. The van der Waals surface area contributed by atoms with E-state index in [0.29, 0.717) is 6.54 Å². The van der Waals surface area contributed by atoms with Crippen LogP contribution in [-0.2, 0) is 11.3 Å². The van der Waals surface area contributed by atoms with Crippen molar-refractivity contribution in [3.8, 4) is 0 Å². The molecule has 0 fully saturated rings. The van der Waals surface area contributed by atoms with Gasteiger partial charge in [-0.05, 0) is 55.9 Å². The second-order valence-corrected chi connectivity index (χ2v) is 6.87. The Kier molecular flexibility index (Phi) is 4.45. The molecule has 25 heavy (non-hydrogen) atoms. The van der Waals surface area contributed by atoms with Crippen LogP contribution in [0.5, 0.6) is 0 Å². The van der Waals surface area contributed by atoms with Gasteiger partial charge in [-0.25, -0.2) is 0 Å². The zero-order valence-electron chi connectivity index (χ0n) is 14.6. The maximum absolute atomic E-state index is 13.1. The molecule has 1 N–H and O–H groups in total. The molecule has 0 spiro atoms. The fourth-order valence-electron chi connectivity index (χ4n) is 4.04. The zero-order chi connectivity index (χ0) is 17.2. The van der Waals surface area contributed by atoms with E-state index in [1.807, 2.05) is 35.2 Å². The Balaban J connectivity index is 1.62. The van der Waals surface area contributed by atoms with Crippen molar-refractivity contribution in [2.45, 2.75) is 51.4 Å². The molecule has 2 aliphatic rings. The Morgan fingerprint density at radius 1 is 1.16 bits per heavy atom. The lowest BCUT2D eigenvalue weighted by Gasteiger charge is -2.33. The fraction of sp³-hybridized carbons (Fsp3) is 0.381. The van der Waals surface area contributed by atoms with Gasteiger partial charge in [0.05, 0.1) is 18.8 Å². The third-order valence-corrected chi connectivity index (χ3v) is 5.36. The molecule has 4 rings (SSSR count). The van der Waals surface area contributed by atoms with Crippen LogP contribution < -0.4 is 5.32 Å². The molecule has 2 heterocycles. The molecule has 1 aliphatic carbocycles. The molecule has 1 aromatic heterocycles. The highest BCUT2D eigenvalue weighted by molar-refractivity contribution is 5.98. The van der Waals surface area contributed by atoms with Crippen LogP contribution in [-0.4, -0.2) is 17.0 Å². The molecule has 0 saturated carbocycles. The van der Waals surface area contributed by atoms with Crippen molar-refractivity contribution in [1.29, 1.82) is 0 Å². The van der Waals surface area contributed by atoms with Crippen molar-refractivity contribution in [1.82, 2.24) is 10.2 Å². The Hall–Kier alpha value is -2.33. The van der Waals surface area contributed by atoms with Crippen LogP contribution in [0.3, 0.4) is 0 Å². The summed E-state index contributed by atoms with van der Waals surface area (Å²) in [7, 11) is 0. The van der Waals surface area contributed by atoms with Crippen LogP contribution in [0.4, 0.5) is 0 Å². The summed E-state index contributed by atoms with van der Waals surface area (Å²) in [5.74, 6) is 1.09. The smallest absolute Gasteiger partial charge is 0.251 e. The minimum atomic E-state index is -0.0388. The Morgan fingerprint density at radius 2 is 1.96 bits per heavy atom. The number of amides is 1. The van der Waals surface area contributed by atoms with Crippen LogP contribution in [0.1, 0.15) is 50.0 Å². The van der Waals surface area contributed by atoms with Gasteiger partial charge in [-0.1, -0.05) is 30.3 Å². The van der Waals surface area contributed by atoms with Crippen molar-refractivity contribution in [2.75, 3.05) is 0 Å². The van der Waals surface area contributed by atoms with E-state index >= 15 is 0 Å². The largest absolute Gasteiger partial charge is 0.468 e. The molecule has 4 nitrogen and oxygen atoms in total. The van der Waals surface area contributed by atoms with E-state index in [1.165, 1.54) is 17.6 Å². The Labute approximate surface area is 148 Å². The van der Waals surface area contributed by atoms with Gasteiger partial charge >= 0.3 is 0 Å². The van der Waals surface area contributed by atoms with Gasteiger partial charge in [-0.2, -0.15) is 0 Å². The molecule has 130 valence electrons. The first-order valence-corrected chi connectivity index (χ1v) is 9.11. The summed E-state index contributed by atoms with van der Waals surface area (Å²) in [6, 6.07) is 14.2. The first-order valence-electron chi connectivity index (χ1n) is 9.11. The molecule has 0 radical (unpaired) electrons. The van der Waals surface area contributed by atoms with Crippen LogP contribution in [0, 0.1) is 0 Å². The first-order chi connectivity index (χ1) is 12.3. The van der Waals surface area contributed by atoms with Gasteiger partial charge in [0.15, 0.2) is 0 Å². The third-order valence-electron chi connectivity index (χ3n) is 5.36. The minimum Gasteiger partial charge on any atom is -0.468 e. The lowest BCUT2D eigenvalue weighted by atomic mass is 9.92. The molecule has 0 unspecified atom stereocenters. The topological polar surface area (TPSA) is 45.5 Å². The summed E-state index contributed by atoms with van der Waals surface area (Å²) in [6.45, 7) is 2.74.